The van der Waals surface area contributed by atoms with Gasteiger partial charge in [-0.25, -0.2) is 15.0 Å². The van der Waals surface area contributed by atoms with Crippen LogP contribution in [0, 0.1) is 28.6 Å². The number of nitrogens with zero attached hydrogens (tertiary/aromatic N) is 3. The van der Waals surface area contributed by atoms with Crippen molar-refractivity contribution in [3.63, 3.8) is 0 Å². The summed E-state index contributed by atoms with van der Waals surface area (Å²) in [6.45, 7) is 12.0. The fourth-order valence-corrected chi connectivity index (χ4v) is 12.4. The van der Waals surface area contributed by atoms with Crippen molar-refractivity contribution in [3.05, 3.63) is 209 Å². The molecular formula is C58H49N3O. The number of benzene rings is 5. The molecule has 6 aromatic rings. The molecule has 4 heteroatoms. The fourth-order valence-electron chi connectivity index (χ4n) is 12.4. The van der Waals surface area contributed by atoms with E-state index in [-0.39, 0.29) is 16.7 Å². The highest BCUT2D eigenvalue weighted by Crippen LogP contribution is 2.66. The standard InChI is InChI=1S/C58H49N3O/c1-35-19-17-28-45-51(35)41-24-11-12-26-43(41)58(45)44-27-13-14-30-49(44)62-52-39(25-18-29-46(52)58)38-22-9-10-23-40(38)54-59-53(37-20-7-6-8-21-37)60-55(61-54)42-34-47-48(33-36(42)2)57(5)32-16-15-31-50(57)56(47,3)4/h6-18,20-32,34-36,50H,19,33H2,1-5H3. The van der Waals surface area contributed by atoms with Crippen LogP contribution in [0.25, 0.3) is 45.0 Å². The third kappa shape index (κ3) is 5.04. The molecule has 0 saturated heterocycles. The van der Waals surface area contributed by atoms with Crippen LogP contribution in [0.15, 0.2) is 181 Å². The Hall–Kier alpha value is -6.65. The average Bonchev–Trinajstić information content (AvgIpc) is 3.69. The molecule has 302 valence electrons. The van der Waals surface area contributed by atoms with E-state index >= 15 is 0 Å². The van der Waals surface area contributed by atoms with Crippen molar-refractivity contribution in [3.8, 4) is 45.4 Å². The summed E-state index contributed by atoms with van der Waals surface area (Å²) in [6.07, 6.45) is 18.5. The van der Waals surface area contributed by atoms with Crippen LogP contribution >= 0.6 is 0 Å². The van der Waals surface area contributed by atoms with Crippen molar-refractivity contribution in [2.24, 2.45) is 28.6 Å². The zero-order chi connectivity index (χ0) is 42.0. The van der Waals surface area contributed by atoms with E-state index in [9.17, 15) is 0 Å². The Morgan fingerprint density at radius 2 is 1.27 bits per heavy atom. The normalized spacial score (nSPS) is 25.7. The Kier molecular flexibility index (Phi) is 8.04. The number of rotatable bonds is 4. The van der Waals surface area contributed by atoms with E-state index in [1.54, 1.807) is 5.57 Å². The van der Waals surface area contributed by atoms with Gasteiger partial charge in [0.1, 0.15) is 11.5 Å². The molecule has 1 aromatic heterocycles. The van der Waals surface area contributed by atoms with Crippen LogP contribution in [0.3, 0.4) is 0 Å². The van der Waals surface area contributed by atoms with Crippen molar-refractivity contribution in [1.82, 2.24) is 15.0 Å². The van der Waals surface area contributed by atoms with Crippen LogP contribution in [0.1, 0.15) is 75.5 Å². The Morgan fingerprint density at radius 3 is 2.11 bits per heavy atom. The SMILES string of the molecule is CC1CC2=C(C=C1c1nc(-c3ccccc3)nc(-c3ccccc3-c3cccc4c3Oc3ccccc3C43C4=C(c5ccccc53)C(C)CC=C4)n1)C(C)(C)C1C=CC=CC21C. The molecule has 62 heavy (non-hydrogen) atoms. The molecule has 0 bridgehead atoms. The Bertz CT molecular complexity index is 3090. The van der Waals surface area contributed by atoms with E-state index in [0.29, 0.717) is 23.5 Å². The summed E-state index contributed by atoms with van der Waals surface area (Å²) in [5.41, 5.74) is 15.3. The van der Waals surface area contributed by atoms with Crippen LogP contribution in [-0.4, -0.2) is 15.0 Å². The molecule has 5 atom stereocenters. The molecule has 2 heterocycles. The molecule has 0 amide bonds. The maximum Gasteiger partial charge on any atom is 0.164 e. The van der Waals surface area contributed by atoms with Gasteiger partial charge in [0.15, 0.2) is 17.5 Å². The number of hydrogen-bond donors (Lipinski definition) is 0. The van der Waals surface area contributed by atoms with Crippen molar-refractivity contribution >= 4 is 11.1 Å². The maximum absolute atomic E-state index is 7.17. The number of para-hydroxylation sites is 2. The van der Waals surface area contributed by atoms with E-state index < -0.39 is 5.41 Å². The van der Waals surface area contributed by atoms with E-state index in [4.69, 9.17) is 19.7 Å². The maximum atomic E-state index is 7.17. The van der Waals surface area contributed by atoms with Gasteiger partial charge in [-0.15, -0.1) is 0 Å². The van der Waals surface area contributed by atoms with Gasteiger partial charge in [-0.05, 0) is 75.5 Å². The average molecular weight is 804 g/mol. The van der Waals surface area contributed by atoms with Crippen molar-refractivity contribution < 1.29 is 4.74 Å². The molecule has 1 spiro atoms. The Balaban J connectivity index is 1.07. The van der Waals surface area contributed by atoms with Crippen LogP contribution in [0.2, 0.25) is 0 Å². The van der Waals surface area contributed by atoms with E-state index in [1.807, 2.05) is 6.07 Å². The molecule has 0 N–H and O–H groups in total. The largest absolute Gasteiger partial charge is 0.456 e. The topological polar surface area (TPSA) is 47.9 Å². The summed E-state index contributed by atoms with van der Waals surface area (Å²) in [5.74, 6) is 4.85. The monoisotopic (exact) mass is 803 g/mol. The van der Waals surface area contributed by atoms with Crippen LogP contribution < -0.4 is 4.74 Å². The lowest BCUT2D eigenvalue weighted by molar-refractivity contribution is 0.245. The number of fused-ring (bicyclic) bond motifs is 10. The van der Waals surface area contributed by atoms with Gasteiger partial charge >= 0.3 is 0 Å². The summed E-state index contributed by atoms with van der Waals surface area (Å²) in [5, 5.41) is 0. The van der Waals surface area contributed by atoms with Gasteiger partial charge in [0.05, 0.1) is 5.41 Å². The number of ether oxygens (including phenoxy) is 1. The smallest absolute Gasteiger partial charge is 0.164 e. The van der Waals surface area contributed by atoms with Crippen molar-refractivity contribution in [2.45, 2.75) is 52.9 Å². The second kappa shape index (κ2) is 13.4. The highest BCUT2D eigenvalue weighted by Gasteiger charge is 2.55. The van der Waals surface area contributed by atoms with Gasteiger partial charge < -0.3 is 4.74 Å². The predicted molar refractivity (Wildman–Crippen MR) is 251 cm³/mol. The summed E-state index contributed by atoms with van der Waals surface area (Å²) in [4.78, 5) is 16.1. The summed E-state index contributed by atoms with van der Waals surface area (Å²) < 4.78 is 7.17. The molecule has 0 saturated carbocycles. The first-order chi connectivity index (χ1) is 30.2. The van der Waals surface area contributed by atoms with Crippen molar-refractivity contribution in [1.29, 1.82) is 0 Å². The lowest BCUT2D eigenvalue weighted by Crippen LogP contribution is -2.33. The molecule has 0 radical (unpaired) electrons. The minimum Gasteiger partial charge on any atom is -0.456 e. The van der Waals surface area contributed by atoms with Gasteiger partial charge in [0.2, 0.25) is 0 Å². The zero-order valence-electron chi connectivity index (χ0n) is 36.0. The molecule has 6 aliphatic rings. The summed E-state index contributed by atoms with van der Waals surface area (Å²) in [7, 11) is 0. The molecule has 5 aromatic carbocycles. The number of aromatic nitrogens is 3. The number of allylic oxidation sites excluding steroid dienone is 12. The second-order valence-corrected chi connectivity index (χ2v) is 19.0. The third-order valence-electron chi connectivity index (χ3n) is 15.2. The first-order valence-electron chi connectivity index (χ1n) is 22.3. The molecule has 4 nitrogen and oxygen atoms in total. The molecular weight excluding hydrogens is 755 g/mol. The highest BCUT2D eigenvalue weighted by molar-refractivity contribution is 5.94. The van der Waals surface area contributed by atoms with Gasteiger partial charge in [-0.2, -0.15) is 0 Å². The van der Waals surface area contributed by atoms with E-state index in [2.05, 4.69) is 192 Å². The fraction of sp³-hybridized carbons (Fsp3) is 0.224. The predicted octanol–water partition coefficient (Wildman–Crippen LogP) is 14.2. The van der Waals surface area contributed by atoms with Crippen LogP contribution in [-0.2, 0) is 5.41 Å². The molecule has 5 aliphatic carbocycles. The second-order valence-electron chi connectivity index (χ2n) is 19.0. The molecule has 12 rings (SSSR count). The Labute approximate surface area is 364 Å². The Morgan fingerprint density at radius 1 is 0.597 bits per heavy atom. The minimum atomic E-state index is -0.529. The van der Waals surface area contributed by atoms with E-state index in [1.165, 1.54) is 39.0 Å². The molecule has 0 fully saturated rings. The van der Waals surface area contributed by atoms with Gasteiger partial charge in [-0.3, -0.25) is 0 Å². The first-order valence-corrected chi connectivity index (χ1v) is 22.3. The highest BCUT2D eigenvalue weighted by atomic mass is 16.5. The molecule has 5 unspecified atom stereocenters. The van der Waals surface area contributed by atoms with Gasteiger partial charge in [0.25, 0.3) is 0 Å². The number of hydrogen-bond acceptors (Lipinski definition) is 4. The van der Waals surface area contributed by atoms with E-state index in [0.717, 1.165) is 58.0 Å². The van der Waals surface area contributed by atoms with Crippen LogP contribution in [0.5, 0.6) is 11.5 Å². The van der Waals surface area contributed by atoms with Gasteiger partial charge in [0, 0.05) is 38.8 Å². The molecule has 1 aliphatic heterocycles. The first kappa shape index (κ1) is 37.1. The minimum absolute atomic E-state index is 0.00244. The van der Waals surface area contributed by atoms with Crippen molar-refractivity contribution in [2.75, 3.05) is 0 Å². The lowest BCUT2D eigenvalue weighted by atomic mass is 9.64. The third-order valence-corrected chi connectivity index (χ3v) is 15.2. The zero-order valence-corrected chi connectivity index (χ0v) is 36.0. The van der Waals surface area contributed by atoms with Crippen LogP contribution in [0.4, 0.5) is 0 Å². The van der Waals surface area contributed by atoms with Gasteiger partial charge in [-0.1, -0.05) is 198 Å². The summed E-state index contributed by atoms with van der Waals surface area (Å²) in [6, 6.07) is 43.3. The lowest BCUT2D eigenvalue weighted by Gasteiger charge is -2.41. The quantitative estimate of drug-likeness (QED) is 0.178. The summed E-state index contributed by atoms with van der Waals surface area (Å²) >= 11 is 0.